The number of nitrogens with zero attached hydrogens (tertiary/aromatic N) is 3. The molecule has 1 aliphatic carbocycles. The molecule has 0 saturated heterocycles. The predicted octanol–water partition coefficient (Wildman–Crippen LogP) is 4.99. The van der Waals surface area contributed by atoms with Crippen LogP contribution >= 0.6 is 23.1 Å². The van der Waals surface area contributed by atoms with Crippen LogP contribution in [0.25, 0.3) is 21.1 Å². The summed E-state index contributed by atoms with van der Waals surface area (Å²) in [4.78, 5) is 17.6. The van der Waals surface area contributed by atoms with Crippen molar-refractivity contribution in [3.8, 4) is 0 Å². The number of nitrogens with two attached hydrogens (primary N) is 1. The molecule has 0 aliphatic heterocycles. The van der Waals surface area contributed by atoms with E-state index in [-0.39, 0.29) is 0 Å². The molecule has 0 spiro atoms. The second kappa shape index (κ2) is 6.52. The van der Waals surface area contributed by atoms with Gasteiger partial charge in [0.25, 0.3) is 0 Å². The fraction of sp³-hybridized carbons (Fsp3) is 0.250. The van der Waals surface area contributed by atoms with E-state index >= 15 is 0 Å². The lowest BCUT2D eigenvalue weighted by atomic mass is 9.97. The van der Waals surface area contributed by atoms with Crippen molar-refractivity contribution in [3.05, 3.63) is 52.8 Å². The van der Waals surface area contributed by atoms with E-state index in [1.807, 2.05) is 24.4 Å². The SMILES string of the molecule is Nc1nc(CSc2ccnc3ccccc23)nc2sc3c(c12)CCCC3. The average Bonchev–Trinajstić information content (AvgIpc) is 3.05. The van der Waals surface area contributed by atoms with Gasteiger partial charge in [-0.15, -0.1) is 23.1 Å². The molecule has 0 fully saturated rings. The number of nitrogen functional groups attached to an aromatic ring is 1. The fourth-order valence-corrected chi connectivity index (χ4v) is 5.82. The van der Waals surface area contributed by atoms with E-state index in [2.05, 4.69) is 22.1 Å². The zero-order valence-electron chi connectivity index (χ0n) is 14.2. The Labute approximate surface area is 159 Å². The maximum absolute atomic E-state index is 6.32. The topological polar surface area (TPSA) is 64.7 Å². The smallest absolute Gasteiger partial charge is 0.142 e. The molecule has 6 heteroatoms. The molecular weight excluding hydrogens is 360 g/mol. The Hall–Kier alpha value is -2.18. The summed E-state index contributed by atoms with van der Waals surface area (Å²) in [6, 6.07) is 10.3. The van der Waals surface area contributed by atoms with E-state index in [1.54, 1.807) is 23.1 Å². The fourth-order valence-electron chi connectivity index (χ4n) is 3.63. The molecule has 1 aliphatic rings. The zero-order valence-corrected chi connectivity index (χ0v) is 15.9. The van der Waals surface area contributed by atoms with Crippen molar-refractivity contribution in [3.63, 3.8) is 0 Å². The third-order valence-electron chi connectivity index (χ3n) is 4.85. The van der Waals surface area contributed by atoms with E-state index in [0.717, 1.165) is 34.4 Å². The molecule has 0 radical (unpaired) electrons. The third kappa shape index (κ3) is 2.73. The summed E-state index contributed by atoms with van der Waals surface area (Å²) in [6.45, 7) is 0. The Balaban J connectivity index is 1.48. The van der Waals surface area contributed by atoms with Gasteiger partial charge in [0.15, 0.2) is 0 Å². The van der Waals surface area contributed by atoms with Crippen LogP contribution in [0.1, 0.15) is 29.1 Å². The number of fused-ring (bicyclic) bond motifs is 4. The number of thioether (sulfide) groups is 1. The Kier molecular flexibility index (Phi) is 4.02. The summed E-state index contributed by atoms with van der Waals surface area (Å²) in [6.07, 6.45) is 6.63. The monoisotopic (exact) mass is 378 g/mol. The minimum atomic E-state index is 0.643. The maximum Gasteiger partial charge on any atom is 0.142 e. The summed E-state index contributed by atoms with van der Waals surface area (Å²) >= 11 is 3.54. The quantitative estimate of drug-likeness (QED) is 0.509. The predicted molar refractivity (Wildman–Crippen MR) is 110 cm³/mol. The minimum absolute atomic E-state index is 0.643. The largest absolute Gasteiger partial charge is 0.383 e. The van der Waals surface area contributed by atoms with E-state index in [0.29, 0.717) is 11.6 Å². The normalized spacial score (nSPS) is 14.0. The van der Waals surface area contributed by atoms with Crippen molar-refractivity contribution in [2.75, 3.05) is 5.73 Å². The Morgan fingerprint density at radius 1 is 1.08 bits per heavy atom. The van der Waals surface area contributed by atoms with Crippen molar-refractivity contribution < 1.29 is 0 Å². The van der Waals surface area contributed by atoms with Gasteiger partial charge in [-0.2, -0.15) is 0 Å². The highest BCUT2D eigenvalue weighted by atomic mass is 32.2. The first-order valence-corrected chi connectivity index (χ1v) is 10.6. The van der Waals surface area contributed by atoms with Gasteiger partial charge >= 0.3 is 0 Å². The molecule has 5 rings (SSSR count). The highest BCUT2D eigenvalue weighted by Gasteiger charge is 2.20. The molecule has 0 saturated carbocycles. The number of para-hydroxylation sites is 1. The van der Waals surface area contributed by atoms with Crippen molar-refractivity contribution in [2.45, 2.75) is 36.3 Å². The van der Waals surface area contributed by atoms with E-state index in [9.17, 15) is 0 Å². The van der Waals surface area contributed by atoms with Gasteiger partial charge in [-0.1, -0.05) is 18.2 Å². The lowest BCUT2D eigenvalue weighted by Crippen LogP contribution is -2.02. The van der Waals surface area contributed by atoms with Crippen LogP contribution in [-0.2, 0) is 18.6 Å². The number of rotatable bonds is 3. The maximum atomic E-state index is 6.32. The van der Waals surface area contributed by atoms with Gasteiger partial charge in [-0.3, -0.25) is 4.98 Å². The highest BCUT2D eigenvalue weighted by molar-refractivity contribution is 7.98. The number of aromatic nitrogens is 3. The molecule has 2 N–H and O–H groups in total. The number of benzene rings is 1. The van der Waals surface area contributed by atoms with Crippen molar-refractivity contribution in [1.29, 1.82) is 0 Å². The van der Waals surface area contributed by atoms with Crippen LogP contribution in [0.3, 0.4) is 0 Å². The molecule has 0 unspecified atom stereocenters. The molecule has 0 bridgehead atoms. The van der Waals surface area contributed by atoms with Gasteiger partial charge in [0.1, 0.15) is 16.5 Å². The average molecular weight is 379 g/mol. The molecule has 130 valence electrons. The van der Waals surface area contributed by atoms with Crippen LogP contribution < -0.4 is 5.73 Å². The van der Waals surface area contributed by atoms with Crippen molar-refractivity contribution >= 4 is 50.0 Å². The molecule has 26 heavy (non-hydrogen) atoms. The molecule has 4 aromatic rings. The van der Waals surface area contributed by atoms with Crippen LogP contribution in [0.4, 0.5) is 5.82 Å². The number of anilines is 1. The second-order valence-electron chi connectivity index (χ2n) is 6.53. The molecule has 3 heterocycles. The van der Waals surface area contributed by atoms with Crippen molar-refractivity contribution in [2.24, 2.45) is 0 Å². The summed E-state index contributed by atoms with van der Waals surface area (Å²) in [5.41, 5.74) is 8.73. The molecule has 4 nitrogen and oxygen atoms in total. The summed E-state index contributed by atoms with van der Waals surface area (Å²) in [5.74, 6) is 2.15. The van der Waals surface area contributed by atoms with Gasteiger partial charge in [-0.25, -0.2) is 9.97 Å². The zero-order chi connectivity index (χ0) is 17.5. The van der Waals surface area contributed by atoms with Gasteiger partial charge < -0.3 is 5.73 Å². The van der Waals surface area contributed by atoms with Crippen LogP contribution in [0.2, 0.25) is 0 Å². The molecule has 0 amide bonds. The minimum Gasteiger partial charge on any atom is -0.383 e. The van der Waals surface area contributed by atoms with Gasteiger partial charge in [0.05, 0.1) is 16.7 Å². The second-order valence-corrected chi connectivity index (χ2v) is 8.63. The molecule has 3 aromatic heterocycles. The lowest BCUT2D eigenvalue weighted by Gasteiger charge is -2.10. The van der Waals surface area contributed by atoms with Crippen LogP contribution in [0.15, 0.2) is 41.4 Å². The number of pyridine rings is 1. The van der Waals surface area contributed by atoms with E-state index in [1.165, 1.54) is 33.6 Å². The molecule has 0 atom stereocenters. The summed E-state index contributed by atoms with van der Waals surface area (Å²) < 4.78 is 0. The Bertz CT molecular complexity index is 1110. The summed E-state index contributed by atoms with van der Waals surface area (Å²) in [7, 11) is 0. The Morgan fingerprint density at radius 3 is 2.92 bits per heavy atom. The number of thiophene rings is 1. The third-order valence-corrected chi connectivity index (χ3v) is 7.11. The van der Waals surface area contributed by atoms with Gasteiger partial charge in [-0.05, 0) is 43.4 Å². The van der Waals surface area contributed by atoms with E-state index in [4.69, 9.17) is 10.7 Å². The first-order chi connectivity index (χ1) is 12.8. The van der Waals surface area contributed by atoms with Gasteiger partial charge in [0, 0.05) is 21.4 Å². The lowest BCUT2D eigenvalue weighted by molar-refractivity contribution is 0.700. The van der Waals surface area contributed by atoms with Crippen LogP contribution in [0.5, 0.6) is 0 Å². The van der Waals surface area contributed by atoms with Gasteiger partial charge in [0.2, 0.25) is 0 Å². The number of hydrogen-bond acceptors (Lipinski definition) is 6. The van der Waals surface area contributed by atoms with Crippen molar-refractivity contribution in [1.82, 2.24) is 15.0 Å². The molecule has 1 aromatic carbocycles. The number of hydrogen-bond donors (Lipinski definition) is 1. The van der Waals surface area contributed by atoms with Crippen LogP contribution in [-0.4, -0.2) is 15.0 Å². The highest BCUT2D eigenvalue weighted by Crippen LogP contribution is 2.38. The number of aryl methyl sites for hydroxylation is 2. The van der Waals surface area contributed by atoms with Crippen LogP contribution in [0, 0.1) is 0 Å². The van der Waals surface area contributed by atoms with E-state index < -0.39 is 0 Å². The first-order valence-electron chi connectivity index (χ1n) is 8.83. The standard InChI is InChI=1S/C20H18N4S2/c21-19-18-13-6-2-4-8-16(13)26-20(18)24-17(23-19)11-25-15-9-10-22-14-7-3-1-5-12(14)15/h1,3,5,7,9-10H,2,4,6,8,11H2,(H2,21,23,24). The Morgan fingerprint density at radius 2 is 1.96 bits per heavy atom. The first kappa shape index (κ1) is 16.0. The summed E-state index contributed by atoms with van der Waals surface area (Å²) in [5, 5.41) is 2.27. The molecular formula is C20H18N4S2.